The van der Waals surface area contributed by atoms with E-state index in [0.29, 0.717) is 29.3 Å². The van der Waals surface area contributed by atoms with Crippen molar-refractivity contribution in [2.24, 2.45) is 15.3 Å². The molecule has 5 rings (SSSR count). The Bertz CT molecular complexity index is 2510. The molecule has 25 heteroatoms. The predicted molar refractivity (Wildman–Crippen MR) is 354 cm³/mol. The lowest BCUT2D eigenvalue weighted by Gasteiger charge is -2.23. The highest BCUT2D eigenvalue weighted by Crippen LogP contribution is 2.21. The zero-order valence-electron chi connectivity index (χ0n) is 46.8. The van der Waals surface area contributed by atoms with Gasteiger partial charge in [0.05, 0.1) is 41.9 Å². The van der Waals surface area contributed by atoms with Crippen LogP contribution in [0.3, 0.4) is 0 Å². The van der Waals surface area contributed by atoms with E-state index in [1.165, 1.54) is 6.20 Å². The molecule has 15 nitrogen and oxygen atoms in total. The Labute approximate surface area is 531 Å². The largest absolute Gasteiger partial charge is 0.400 e. The number of ketones is 1. The first-order valence-electron chi connectivity index (χ1n) is 24.1. The van der Waals surface area contributed by atoms with Gasteiger partial charge < -0.3 is 10.8 Å². The molecule has 0 unspecified atom stereocenters. The molecule has 446 valence electrons. The molecule has 0 spiro atoms. The van der Waals surface area contributed by atoms with Gasteiger partial charge in [-0.15, -0.1) is 23.2 Å². The third kappa shape index (κ3) is 40.8. The molecule has 5 heterocycles. The van der Waals surface area contributed by atoms with Crippen molar-refractivity contribution in [2.45, 2.75) is 149 Å². The van der Waals surface area contributed by atoms with E-state index in [2.05, 4.69) is 128 Å². The second-order valence-corrected chi connectivity index (χ2v) is 28.9. The summed E-state index contributed by atoms with van der Waals surface area (Å²) in [6.45, 7) is 25.1. The number of alkyl halides is 2. The van der Waals surface area contributed by atoms with Crippen molar-refractivity contribution in [3.05, 3.63) is 142 Å². The van der Waals surface area contributed by atoms with E-state index in [1.807, 2.05) is 119 Å². The fraction of sp³-hybridized carbons (Fsp3) is 0.481. The maximum absolute atomic E-state index is 12.0. The highest BCUT2D eigenvalue weighted by atomic mass is 79.9. The summed E-state index contributed by atoms with van der Waals surface area (Å²) in [5, 5.41) is 12.0. The zero-order valence-corrected chi connectivity index (χ0v) is 58.7. The Morgan fingerprint density at radius 3 is 1.29 bits per heavy atom. The maximum atomic E-state index is 12.0. The lowest BCUT2D eigenvalue weighted by atomic mass is 10.1. The third-order valence-electron chi connectivity index (χ3n) is 9.03. The van der Waals surface area contributed by atoms with Crippen molar-refractivity contribution >= 4 is 154 Å². The van der Waals surface area contributed by atoms with Gasteiger partial charge in [0.1, 0.15) is 34.0 Å². The topological polar surface area (TPSA) is 246 Å². The van der Waals surface area contributed by atoms with Crippen LogP contribution >= 0.6 is 103 Å². The van der Waals surface area contributed by atoms with Gasteiger partial charge in [0.15, 0.2) is 12.1 Å². The minimum atomic E-state index is -1.22. The summed E-state index contributed by atoms with van der Waals surface area (Å²) < 4.78 is 44.9. The van der Waals surface area contributed by atoms with Crippen molar-refractivity contribution in [3.8, 4) is 0 Å². The fourth-order valence-corrected chi connectivity index (χ4v) is 7.23. The smallest absolute Gasteiger partial charge is 0.164 e. The van der Waals surface area contributed by atoms with Crippen LogP contribution in [-0.4, -0.2) is 93.5 Å². The average molecular weight is 1520 g/mol. The Hall–Kier alpha value is -1.97. The van der Waals surface area contributed by atoms with Gasteiger partial charge in [-0.3, -0.25) is 14.7 Å². The lowest BCUT2D eigenvalue weighted by Crippen LogP contribution is -2.35. The van der Waals surface area contributed by atoms with Crippen LogP contribution in [0.1, 0.15) is 173 Å². The highest BCUT2D eigenvalue weighted by Gasteiger charge is 2.23. The van der Waals surface area contributed by atoms with Crippen LogP contribution in [0.25, 0.3) is 0 Å². The van der Waals surface area contributed by atoms with Gasteiger partial charge in [0, 0.05) is 85.0 Å². The minimum absolute atomic E-state index is 0. The Kier molecular flexibility index (Phi) is 49.1. The third-order valence-corrected chi connectivity index (χ3v) is 16.2. The standard InChI is InChI=1S/C12H19BrN2OS.C12H17BrN2OS.C8H11BrN2.C8H8BrNO.C6H4BrNO.C4H11NOS.C2H4Cl2.CH4O.CH4/c2*1-5-10(15-17(16)12(2,3)4)9-6-7-11(13)14-8-9;1-2-7(10)6-3-4-8(9)11-5-6;1-2-7(11)6-3-4-8(9)10-5-6;7-6-2-1-5(4-9)3-8-6;1-4(2,3)7(5)6;3-1-2-4;1-2;/h6-8,10,15H,5H2,1-4H3;6-8H,5H2,1-4H3;3-5,7H,2,10H2,1H3;3-5H,2H2,1H3;1-4H;5H2,1-3H3;1-2H2;2H,1H3;1H4/t10-,17+;17-;7-;;;7-;;;/m010..1.../s1. The predicted octanol–water partition coefficient (Wildman–Crippen LogP) is 15.3. The molecule has 0 aliphatic rings. The summed E-state index contributed by atoms with van der Waals surface area (Å²) in [7, 11) is -2.47. The second-order valence-electron chi connectivity index (χ2n) is 18.4. The summed E-state index contributed by atoms with van der Waals surface area (Å²) in [5.74, 6) is 1.24. The van der Waals surface area contributed by atoms with E-state index < -0.39 is 33.0 Å². The SMILES string of the molecule is C.CC(C)(C)[S@](N)=O.CCC(=N[S@](=O)C(C)(C)C)c1ccc(Br)nc1.CCC(=O)c1ccc(Br)nc1.CC[C@H](N)c1ccc(Br)nc1.CC[C@H](N[S@](=O)C(C)(C)C)c1ccc(Br)nc1.CO.ClCCCl.O=Cc1ccc(Br)nc1. The van der Waals surface area contributed by atoms with Gasteiger partial charge >= 0.3 is 0 Å². The van der Waals surface area contributed by atoms with E-state index in [1.54, 1.807) is 42.9 Å². The molecule has 0 bridgehead atoms. The van der Waals surface area contributed by atoms with Crippen LogP contribution in [-0.2, 0) is 33.0 Å². The summed E-state index contributed by atoms with van der Waals surface area (Å²) in [6.07, 6.45) is 12.3. The van der Waals surface area contributed by atoms with Crippen LogP contribution in [0.2, 0.25) is 0 Å². The molecule has 5 atom stereocenters. The van der Waals surface area contributed by atoms with Gasteiger partial charge in [0.25, 0.3) is 0 Å². The number of hydrogen-bond acceptors (Lipinski definition) is 12. The lowest BCUT2D eigenvalue weighted by molar-refractivity contribution is 0.0987. The number of aliphatic hydroxyl groups is 1. The Morgan fingerprint density at radius 2 is 1.01 bits per heavy atom. The normalized spacial score (nSPS) is 12.6. The van der Waals surface area contributed by atoms with Crippen molar-refractivity contribution in [1.82, 2.24) is 29.6 Å². The molecule has 0 aliphatic heterocycles. The number of nitrogens with zero attached hydrogens (tertiary/aromatic N) is 6. The summed E-state index contributed by atoms with van der Waals surface area (Å²) in [5.41, 5.74) is 11.0. The Morgan fingerprint density at radius 1 is 0.620 bits per heavy atom. The molecule has 5 aromatic rings. The number of aromatic nitrogens is 5. The molecule has 0 saturated heterocycles. The van der Waals surface area contributed by atoms with Gasteiger partial charge in [-0.2, -0.15) is 4.40 Å². The minimum Gasteiger partial charge on any atom is -0.400 e. The molecule has 0 fully saturated rings. The number of carbonyl (C=O) groups excluding carboxylic acids is 2. The van der Waals surface area contributed by atoms with Crippen molar-refractivity contribution in [2.75, 3.05) is 18.9 Å². The molecule has 0 aliphatic carbocycles. The number of Topliss-reactive ketones (excluding diaryl/α,β-unsaturated/α-hetero) is 1. The van der Waals surface area contributed by atoms with E-state index in [0.717, 1.165) is 78.1 Å². The van der Waals surface area contributed by atoms with Crippen LogP contribution in [0.5, 0.6) is 0 Å². The number of carbonyl (C=O) groups is 2. The monoisotopic (exact) mass is 1510 g/mol. The molecular formula is C54H82Br5Cl2N9O6S3. The molecule has 5 aromatic heterocycles. The van der Waals surface area contributed by atoms with Crippen molar-refractivity contribution in [3.63, 3.8) is 0 Å². The van der Waals surface area contributed by atoms with E-state index in [4.69, 9.17) is 39.2 Å². The van der Waals surface area contributed by atoms with Crippen LogP contribution in [0.4, 0.5) is 0 Å². The molecule has 0 amide bonds. The summed E-state index contributed by atoms with van der Waals surface area (Å²) in [4.78, 5) is 41.3. The molecule has 0 radical (unpaired) electrons. The van der Waals surface area contributed by atoms with Gasteiger partial charge in [0.2, 0.25) is 0 Å². The number of hydrogen-bond donors (Lipinski definition) is 4. The number of pyridine rings is 5. The summed E-state index contributed by atoms with van der Waals surface area (Å²) in [6, 6.07) is 18.7. The maximum Gasteiger partial charge on any atom is 0.164 e. The number of halogens is 7. The molecule has 0 aromatic carbocycles. The zero-order chi connectivity index (χ0) is 60.8. The van der Waals surface area contributed by atoms with Crippen molar-refractivity contribution in [1.29, 1.82) is 0 Å². The number of nitrogens with one attached hydrogen (secondary N) is 1. The highest BCUT2D eigenvalue weighted by molar-refractivity contribution is 9.11. The van der Waals surface area contributed by atoms with Crippen LogP contribution < -0.4 is 15.6 Å². The van der Waals surface area contributed by atoms with E-state index in [-0.39, 0.29) is 39.5 Å². The second kappa shape index (κ2) is 46.4. The first-order chi connectivity index (χ1) is 36.3. The van der Waals surface area contributed by atoms with Gasteiger partial charge in [-0.25, -0.2) is 42.3 Å². The van der Waals surface area contributed by atoms with Gasteiger partial charge in [-0.1, -0.05) is 47.3 Å². The first kappa shape index (κ1) is 83.5. The number of nitrogens with two attached hydrogens (primary N) is 2. The van der Waals surface area contributed by atoms with Gasteiger partial charge in [-0.05, 0) is 221 Å². The Balaban J connectivity index is -0.000000426. The number of rotatable bonds is 13. The van der Waals surface area contributed by atoms with E-state index in [9.17, 15) is 22.2 Å². The number of aldehydes is 1. The van der Waals surface area contributed by atoms with Crippen LogP contribution in [0, 0.1) is 0 Å². The summed E-state index contributed by atoms with van der Waals surface area (Å²) >= 11 is 26.3. The quantitative estimate of drug-likeness (QED) is 0.0283. The fourth-order valence-electron chi connectivity index (χ4n) is 4.44. The van der Waals surface area contributed by atoms with E-state index >= 15 is 0 Å². The molecule has 79 heavy (non-hydrogen) atoms. The van der Waals surface area contributed by atoms with Crippen LogP contribution in [0.15, 0.2) is 119 Å². The average Bonchev–Trinajstić information content (AvgIpc) is 3.41. The molecular weight excluding hydrogens is 1440 g/mol. The van der Waals surface area contributed by atoms with Crippen molar-refractivity contribution < 1.29 is 27.3 Å². The molecule has 0 saturated carbocycles. The number of aliphatic hydroxyl groups excluding tert-OH is 1. The molecule has 6 N–H and O–H groups in total. The first-order valence-corrected chi connectivity index (χ1v) is 32.6.